The molecule has 0 bridgehead atoms. The fourth-order valence-electron chi connectivity index (χ4n) is 0.854. The summed E-state index contributed by atoms with van der Waals surface area (Å²) in [5.41, 5.74) is 1.09. The number of pyridine rings is 1. The Hall–Kier alpha value is -1.08. The Kier molecular flexibility index (Phi) is 2.66. The molecule has 1 aromatic rings. The molecule has 0 spiro atoms. The molecule has 1 rings (SSSR count). The maximum Gasteiger partial charge on any atom is 0.252 e. The first-order valence-electron chi connectivity index (χ1n) is 3.40. The van der Waals surface area contributed by atoms with Gasteiger partial charge in [0.2, 0.25) is 0 Å². The van der Waals surface area contributed by atoms with Crippen LogP contribution in [-0.2, 0) is 6.42 Å². The van der Waals surface area contributed by atoms with Crippen LogP contribution >= 0.6 is 15.9 Å². The van der Waals surface area contributed by atoms with Crippen molar-refractivity contribution in [3.05, 3.63) is 32.2 Å². The van der Waals surface area contributed by atoms with Gasteiger partial charge in [0.1, 0.15) is 0 Å². The minimum Gasteiger partial charge on any atom is -0.325 e. The number of halogens is 1. The third-order valence-electron chi connectivity index (χ3n) is 1.52. The average molecular weight is 227 g/mol. The van der Waals surface area contributed by atoms with Crippen molar-refractivity contribution in [3.63, 3.8) is 0 Å². The molecular weight excluding hydrogens is 220 g/mol. The minimum atomic E-state index is -0.183. The second-order valence-corrected chi connectivity index (χ2v) is 3.29. The summed E-state index contributed by atoms with van der Waals surface area (Å²) < 4.78 is 0.826. The third kappa shape index (κ3) is 1.74. The first-order valence-corrected chi connectivity index (χ1v) is 4.19. The van der Waals surface area contributed by atoms with Gasteiger partial charge in [-0.05, 0) is 28.9 Å². The smallest absolute Gasteiger partial charge is 0.252 e. The van der Waals surface area contributed by atoms with E-state index in [2.05, 4.69) is 20.9 Å². The maximum absolute atomic E-state index is 11.2. The van der Waals surface area contributed by atoms with E-state index in [1.54, 1.807) is 13.0 Å². The van der Waals surface area contributed by atoms with E-state index >= 15 is 0 Å². The lowest BCUT2D eigenvalue weighted by atomic mass is 10.2. The van der Waals surface area contributed by atoms with Gasteiger partial charge in [0.25, 0.3) is 5.56 Å². The summed E-state index contributed by atoms with van der Waals surface area (Å²) >= 11 is 3.27. The van der Waals surface area contributed by atoms with Crippen LogP contribution in [-0.4, -0.2) is 4.98 Å². The maximum atomic E-state index is 11.2. The Bertz CT molecular complexity index is 389. The summed E-state index contributed by atoms with van der Waals surface area (Å²) in [6.07, 6.45) is 0.147. The number of nitriles is 1. The normalized spacial score (nSPS) is 9.42. The van der Waals surface area contributed by atoms with E-state index in [0.29, 0.717) is 5.56 Å². The predicted octanol–water partition coefficient (Wildman–Crippen LogP) is 1.51. The summed E-state index contributed by atoms with van der Waals surface area (Å²) in [4.78, 5) is 13.8. The van der Waals surface area contributed by atoms with Crippen LogP contribution in [0.15, 0.2) is 15.3 Å². The zero-order chi connectivity index (χ0) is 9.14. The van der Waals surface area contributed by atoms with Crippen LogP contribution in [0.25, 0.3) is 0 Å². The largest absolute Gasteiger partial charge is 0.325 e. The Morgan fingerprint density at radius 3 is 3.00 bits per heavy atom. The van der Waals surface area contributed by atoms with E-state index in [4.69, 9.17) is 5.26 Å². The number of aromatic nitrogens is 1. The van der Waals surface area contributed by atoms with Crippen LogP contribution < -0.4 is 5.56 Å². The van der Waals surface area contributed by atoms with Crippen molar-refractivity contribution in [2.24, 2.45) is 0 Å². The zero-order valence-corrected chi connectivity index (χ0v) is 8.10. The van der Waals surface area contributed by atoms with Gasteiger partial charge in [-0.3, -0.25) is 4.79 Å². The molecule has 62 valence electrons. The molecule has 3 nitrogen and oxygen atoms in total. The van der Waals surface area contributed by atoms with Crippen LogP contribution in [0.3, 0.4) is 0 Å². The highest BCUT2D eigenvalue weighted by atomic mass is 79.9. The second kappa shape index (κ2) is 3.55. The lowest BCUT2D eigenvalue weighted by molar-refractivity contribution is 1.06. The topological polar surface area (TPSA) is 56.6 Å². The highest BCUT2D eigenvalue weighted by molar-refractivity contribution is 9.10. The molecule has 0 unspecified atom stereocenters. The summed E-state index contributed by atoms with van der Waals surface area (Å²) in [7, 11) is 0. The minimum absolute atomic E-state index is 0.147. The molecule has 0 fully saturated rings. The molecule has 0 radical (unpaired) electrons. The van der Waals surface area contributed by atoms with Gasteiger partial charge < -0.3 is 4.98 Å². The van der Waals surface area contributed by atoms with Gasteiger partial charge in [-0.15, -0.1) is 0 Å². The van der Waals surface area contributed by atoms with E-state index in [1.165, 1.54) is 0 Å². The molecule has 0 amide bonds. The first kappa shape index (κ1) is 9.01. The van der Waals surface area contributed by atoms with Crippen LogP contribution in [0.1, 0.15) is 11.3 Å². The van der Waals surface area contributed by atoms with Crippen molar-refractivity contribution in [1.29, 1.82) is 5.26 Å². The van der Waals surface area contributed by atoms with Crippen molar-refractivity contribution in [3.8, 4) is 6.07 Å². The van der Waals surface area contributed by atoms with Crippen LogP contribution in [0.4, 0.5) is 0 Å². The highest BCUT2D eigenvalue weighted by Gasteiger charge is 2.02. The molecule has 0 aliphatic carbocycles. The van der Waals surface area contributed by atoms with Gasteiger partial charge in [0.15, 0.2) is 0 Å². The van der Waals surface area contributed by atoms with Crippen molar-refractivity contribution in [2.75, 3.05) is 0 Å². The van der Waals surface area contributed by atoms with E-state index in [1.807, 2.05) is 6.07 Å². The number of rotatable bonds is 1. The molecule has 1 aromatic heterocycles. The van der Waals surface area contributed by atoms with Crippen LogP contribution in [0.5, 0.6) is 0 Å². The Morgan fingerprint density at radius 2 is 2.42 bits per heavy atom. The third-order valence-corrected chi connectivity index (χ3v) is 2.35. The molecule has 4 heteroatoms. The number of nitrogens with one attached hydrogen (secondary N) is 1. The molecule has 0 aromatic carbocycles. The van der Waals surface area contributed by atoms with E-state index in [0.717, 1.165) is 10.2 Å². The highest BCUT2D eigenvalue weighted by Crippen LogP contribution is 2.12. The molecule has 0 saturated heterocycles. The second-order valence-electron chi connectivity index (χ2n) is 2.43. The Balaban J connectivity index is 3.26. The number of nitrogens with zero attached hydrogens (tertiary/aromatic N) is 1. The lowest BCUT2D eigenvalue weighted by Gasteiger charge is -1.98. The molecular formula is C8H7BrN2O. The van der Waals surface area contributed by atoms with Crippen LogP contribution in [0.2, 0.25) is 0 Å². The predicted molar refractivity (Wildman–Crippen MR) is 48.8 cm³/mol. The number of aryl methyl sites for hydroxylation is 1. The fourth-order valence-corrected chi connectivity index (χ4v) is 1.23. The van der Waals surface area contributed by atoms with Gasteiger partial charge in [-0.1, -0.05) is 0 Å². The van der Waals surface area contributed by atoms with E-state index in [9.17, 15) is 4.79 Å². The number of hydrogen-bond donors (Lipinski definition) is 1. The average Bonchev–Trinajstić information content (AvgIpc) is 2.01. The standard InChI is InChI=1S/C8H7BrN2O/c1-5-7(9)4-6(2-3-10)8(12)11-5/h4H,2H2,1H3,(H,11,12). The molecule has 0 atom stereocenters. The van der Waals surface area contributed by atoms with Gasteiger partial charge in [-0.25, -0.2) is 0 Å². The van der Waals surface area contributed by atoms with Crippen molar-refractivity contribution in [1.82, 2.24) is 4.98 Å². The Labute approximate surface area is 78.2 Å². The molecule has 0 saturated carbocycles. The molecule has 0 aliphatic heterocycles. The lowest BCUT2D eigenvalue weighted by Crippen LogP contribution is -2.13. The number of hydrogen-bond acceptors (Lipinski definition) is 2. The van der Waals surface area contributed by atoms with E-state index in [-0.39, 0.29) is 12.0 Å². The molecule has 1 heterocycles. The molecule has 1 N–H and O–H groups in total. The summed E-state index contributed by atoms with van der Waals surface area (Å²) in [6, 6.07) is 3.61. The molecule has 12 heavy (non-hydrogen) atoms. The van der Waals surface area contributed by atoms with Crippen molar-refractivity contribution < 1.29 is 0 Å². The van der Waals surface area contributed by atoms with Gasteiger partial charge in [-0.2, -0.15) is 5.26 Å². The fraction of sp³-hybridized carbons (Fsp3) is 0.250. The first-order chi connectivity index (χ1) is 5.65. The SMILES string of the molecule is Cc1[nH]c(=O)c(CC#N)cc1Br. The molecule has 0 aliphatic rings. The van der Waals surface area contributed by atoms with Gasteiger partial charge >= 0.3 is 0 Å². The van der Waals surface area contributed by atoms with Crippen molar-refractivity contribution in [2.45, 2.75) is 13.3 Å². The van der Waals surface area contributed by atoms with Crippen LogP contribution in [0, 0.1) is 18.3 Å². The summed E-state index contributed by atoms with van der Waals surface area (Å²) in [5, 5.41) is 8.39. The van der Waals surface area contributed by atoms with Gasteiger partial charge in [0, 0.05) is 15.7 Å². The van der Waals surface area contributed by atoms with E-state index < -0.39 is 0 Å². The monoisotopic (exact) mass is 226 g/mol. The summed E-state index contributed by atoms with van der Waals surface area (Å²) in [6.45, 7) is 1.79. The number of aromatic amines is 1. The quantitative estimate of drug-likeness (QED) is 0.790. The van der Waals surface area contributed by atoms with Crippen molar-refractivity contribution >= 4 is 15.9 Å². The zero-order valence-electron chi connectivity index (χ0n) is 6.52. The summed E-state index contributed by atoms with van der Waals surface area (Å²) in [5.74, 6) is 0. The Morgan fingerprint density at radius 1 is 1.75 bits per heavy atom. The van der Waals surface area contributed by atoms with Gasteiger partial charge in [0.05, 0.1) is 12.5 Å². The number of H-pyrrole nitrogens is 1.